The van der Waals surface area contributed by atoms with Gasteiger partial charge in [0.05, 0.1) is 18.9 Å². The van der Waals surface area contributed by atoms with Crippen LogP contribution in [0.5, 0.6) is 0 Å². The number of urea groups is 1. The number of methoxy groups -OCH3 is 1. The molecule has 3 amide bonds. The molecule has 36 heavy (non-hydrogen) atoms. The molecule has 8 nitrogen and oxygen atoms in total. The fourth-order valence-corrected chi connectivity index (χ4v) is 3.59. The first kappa shape index (κ1) is 26.9. The molecule has 3 rings (SSSR count). The van der Waals surface area contributed by atoms with E-state index in [1.54, 1.807) is 6.92 Å². The molecule has 0 aliphatic rings. The monoisotopic (exact) mass is 612 g/mol. The second kappa shape index (κ2) is 11.8. The van der Waals surface area contributed by atoms with Crippen LogP contribution in [0.4, 0.5) is 18.0 Å². The molecule has 0 aliphatic carbocycles. The number of hydrogen-bond donors (Lipinski definition) is 2. The highest BCUT2D eigenvalue weighted by Crippen LogP contribution is 2.28. The van der Waals surface area contributed by atoms with Crippen LogP contribution >= 0.6 is 22.6 Å². The highest BCUT2D eigenvalue weighted by molar-refractivity contribution is 14.1. The van der Waals surface area contributed by atoms with Crippen molar-refractivity contribution in [3.63, 3.8) is 0 Å². The molecule has 0 saturated heterocycles. The normalized spacial score (nSPS) is 11.4. The number of benzene rings is 2. The van der Waals surface area contributed by atoms with E-state index in [0.29, 0.717) is 0 Å². The number of amides is 3. The van der Waals surface area contributed by atoms with Crippen LogP contribution in [0.25, 0.3) is 11.1 Å². The fraction of sp³-hybridized carbons (Fsp3) is 0.167. The molecule has 0 fully saturated rings. The Morgan fingerprint density at radius 2 is 1.83 bits per heavy atom. The van der Waals surface area contributed by atoms with E-state index in [1.165, 1.54) is 24.3 Å². The summed E-state index contributed by atoms with van der Waals surface area (Å²) < 4.78 is 46.5. The maximum atomic E-state index is 14.8. The van der Waals surface area contributed by atoms with Gasteiger partial charge in [0.1, 0.15) is 27.1 Å². The number of aromatic nitrogens is 1. The predicted molar refractivity (Wildman–Crippen MR) is 132 cm³/mol. The zero-order chi connectivity index (χ0) is 26.4. The van der Waals surface area contributed by atoms with Crippen LogP contribution in [-0.4, -0.2) is 39.1 Å². The molecule has 0 aliphatic heterocycles. The van der Waals surface area contributed by atoms with E-state index in [1.807, 2.05) is 22.6 Å². The van der Waals surface area contributed by atoms with Crippen LogP contribution in [0.2, 0.25) is 0 Å². The summed E-state index contributed by atoms with van der Waals surface area (Å²) in [4.78, 5) is 40.6. The average molecular weight is 612 g/mol. The molecule has 0 saturated carbocycles. The van der Waals surface area contributed by atoms with E-state index < -0.39 is 39.4 Å². The molecular weight excluding hydrogens is 592 g/mol. The quantitative estimate of drug-likeness (QED) is 0.140. The van der Waals surface area contributed by atoms with Gasteiger partial charge in [-0.25, -0.2) is 27.8 Å². The Morgan fingerprint density at radius 1 is 1.08 bits per heavy atom. The van der Waals surface area contributed by atoms with Gasteiger partial charge in [0.15, 0.2) is 0 Å². The van der Waals surface area contributed by atoms with Gasteiger partial charge in [-0.1, -0.05) is 46.9 Å². The molecule has 3 aromatic rings. The number of carbonyl (C=O) groups is 3. The second-order valence-corrected chi connectivity index (χ2v) is 9.20. The minimum absolute atomic E-state index is 0.0878. The molecular formula is C24H20F3IN4O4. The Morgan fingerprint density at radius 3 is 2.47 bits per heavy atom. The third-order valence-corrected chi connectivity index (χ3v) is 5.52. The van der Waals surface area contributed by atoms with Crippen molar-refractivity contribution in [1.82, 2.24) is 20.7 Å². The Balaban J connectivity index is 1.74. The van der Waals surface area contributed by atoms with E-state index in [9.17, 15) is 27.6 Å². The maximum Gasteiger partial charge on any atom is 0.341 e. The minimum Gasteiger partial charge on any atom is -0.465 e. The van der Waals surface area contributed by atoms with Gasteiger partial charge in [-0.05, 0) is 36.2 Å². The van der Waals surface area contributed by atoms with Crippen LogP contribution < -0.4 is 10.7 Å². The maximum absolute atomic E-state index is 14.8. The van der Waals surface area contributed by atoms with Gasteiger partial charge in [-0.15, -0.1) is 0 Å². The van der Waals surface area contributed by atoms with Crippen molar-refractivity contribution >= 4 is 40.5 Å². The van der Waals surface area contributed by atoms with Gasteiger partial charge in [0.25, 0.3) is 5.91 Å². The number of halogens is 4. The van der Waals surface area contributed by atoms with Gasteiger partial charge in [0, 0.05) is 18.3 Å². The minimum atomic E-state index is -0.899. The van der Waals surface area contributed by atoms with Crippen molar-refractivity contribution in [2.75, 3.05) is 7.11 Å². The highest BCUT2D eigenvalue weighted by atomic mass is 127. The molecule has 12 heteroatoms. The molecule has 1 aromatic heterocycles. The number of hydrogen-bond acceptors (Lipinski definition) is 5. The first-order chi connectivity index (χ1) is 17.1. The Labute approximate surface area is 218 Å². The Bertz CT molecular complexity index is 1310. The van der Waals surface area contributed by atoms with E-state index in [0.717, 1.165) is 42.7 Å². The smallest absolute Gasteiger partial charge is 0.341 e. The van der Waals surface area contributed by atoms with Gasteiger partial charge < -0.3 is 10.1 Å². The third kappa shape index (κ3) is 6.30. The van der Waals surface area contributed by atoms with Gasteiger partial charge in [-0.2, -0.15) is 0 Å². The van der Waals surface area contributed by atoms with Crippen LogP contribution in [0.15, 0.2) is 54.9 Å². The molecule has 2 N–H and O–H groups in total. The lowest BCUT2D eigenvalue weighted by atomic mass is 9.98. The van der Waals surface area contributed by atoms with Gasteiger partial charge >= 0.3 is 12.0 Å². The van der Waals surface area contributed by atoms with Crippen molar-refractivity contribution in [1.29, 1.82) is 0 Å². The molecule has 2 aromatic carbocycles. The summed E-state index contributed by atoms with van der Waals surface area (Å²) in [5.41, 5.74) is 2.44. The van der Waals surface area contributed by atoms with Crippen LogP contribution in [0.3, 0.4) is 0 Å². The summed E-state index contributed by atoms with van der Waals surface area (Å²) >= 11 is 1.88. The van der Waals surface area contributed by atoms with Crippen LogP contribution in [-0.2, 0) is 11.3 Å². The number of esters is 1. The number of pyridine rings is 1. The van der Waals surface area contributed by atoms with E-state index >= 15 is 0 Å². The fourth-order valence-electron chi connectivity index (χ4n) is 3.20. The highest BCUT2D eigenvalue weighted by Gasteiger charge is 2.23. The number of nitrogens with zero attached hydrogens (tertiary/aromatic N) is 2. The molecule has 0 spiro atoms. The Hall–Kier alpha value is -3.68. The summed E-state index contributed by atoms with van der Waals surface area (Å²) in [6.45, 7) is 1.38. The Kier molecular flexibility index (Phi) is 8.85. The zero-order valence-electron chi connectivity index (χ0n) is 19.0. The molecule has 1 unspecified atom stereocenters. The summed E-state index contributed by atoms with van der Waals surface area (Å²) in [6, 6.07) is 8.14. The summed E-state index contributed by atoms with van der Waals surface area (Å²) in [6.07, 6.45) is 2.08. The van der Waals surface area contributed by atoms with Crippen molar-refractivity contribution in [3.8, 4) is 11.1 Å². The largest absolute Gasteiger partial charge is 0.465 e. The number of alkyl halides is 1. The van der Waals surface area contributed by atoms with Crippen LogP contribution in [0.1, 0.15) is 33.2 Å². The predicted octanol–water partition coefficient (Wildman–Crippen LogP) is 4.59. The molecule has 1 heterocycles. The molecule has 0 bridgehead atoms. The van der Waals surface area contributed by atoms with Crippen LogP contribution in [0, 0.1) is 17.5 Å². The molecule has 0 radical (unpaired) electrons. The number of nitrogens with one attached hydrogen (secondary N) is 2. The zero-order valence-corrected chi connectivity index (χ0v) is 21.2. The lowest BCUT2D eigenvalue weighted by Gasteiger charge is -2.26. The van der Waals surface area contributed by atoms with Gasteiger partial charge in [-0.3, -0.25) is 15.2 Å². The molecule has 188 valence electrons. The van der Waals surface area contributed by atoms with Crippen molar-refractivity contribution < 1.29 is 32.3 Å². The lowest BCUT2D eigenvalue weighted by molar-refractivity contribution is 0.0596. The van der Waals surface area contributed by atoms with E-state index in [2.05, 4.69) is 20.5 Å². The summed E-state index contributed by atoms with van der Waals surface area (Å²) in [5, 5.41) is 3.47. The topological polar surface area (TPSA) is 101 Å². The standard InChI is InChI=1S/C24H20F3IN4O4/c1-13(28)32(31-22(33)16-8-17(25)12-29-10-16)24(35)30-11-15-7-6-14(9-20(15)27)18-4-3-5-19(26)21(18)23(34)36-2/h3-10,12-13H,11H2,1-2H3,(H,30,35)(H,31,33). The summed E-state index contributed by atoms with van der Waals surface area (Å²) in [5.74, 6) is -3.88. The second-order valence-electron chi connectivity index (χ2n) is 7.40. The van der Waals surface area contributed by atoms with Gasteiger partial charge in [0.2, 0.25) is 0 Å². The number of carbonyl (C=O) groups excluding carboxylic acids is 3. The number of rotatable bonds is 6. The number of hydrazine groups is 1. The lowest BCUT2D eigenvalue weighted by Crippen LogP contribution is -2.53. The van der Waals surface area contributed by atoms with Crippen molar-refractivity contribution in [3.05, 3.63) is 89.0 Å². The third-order valence-electron chi connectivity index (χ3n) is 4.96. The first-order valence-electron chi connectivity index (χ1n) is 10.4. The van der Waals surface area contributed by atoms with E-state index in [-0.39, 0.29) is 34.4 Å². The van der Waals surface area contributed by atoms with Crippen molar-refractivity contribution in [2.45, 2.75) is 17.5 Å². The molecule has 1 atom stereocenters. The SMILES string of the molecule is COC(=O)c1c(F)cccc1-c1ccc(CNC(=O)N(NC(=O)c2cncc(F)c2)C(C)I)c(F)c1. The average Bonchev–Trinajstić information content (AvgIpc) is 2.85. The van der Waals surface area contributed by atoms with E-state index in [4.69, 9.17) is 0 Å². The number of ether oxygens (including phenoxy) is 1. The first-order valence-corrected chi connectivity index (χ1v) is 11.6. The van der Waals surface area contributed by atoms with Crippen molar-refractivity contribution in [2.24, 2.45) is 0 Å². The summed E-state index contributed by atoms with van der Waals surface area (Å²) in [7, 11) is 1.11.